The molecule has 2 nitrogen and oxygen atoms in total. The zero-order valence-corrected chi connectivity index (χ0v) is 10.5. The fourth-order valence-corrected chi connectivity index (χ4v) is 2.01. The summed E-state index contributed by atoms with van der Waals surface area (Å²) >= 11 is 0. The predicted molar refractivity (Wildman–Crippen MR) is 70.1 cm³/mol. The van der Waals surface area contributed by atoms with Crippen molar-refractivity contribution >= 4 is 5.78 Å². The number of rotatable bonds is 4. The normalized spacial score (nSPS) is 11.7. The number of hydrogen-bond donors (Lipinski definition) is 0. The minimum absolute atomic E-state index is 0.0845. The van der Waals surface area contributed by atoms with Gasteiger partial charge in [-0.15, -0.1) is 0 Å². The van der Waals surface area contributed by atoms with Crippen LogP contribution in [-0.4, -0.2) is 5.78 Å². The van der Waals surface area contributed by atoms with Crippen molar-refractivity contribution in [3.63, 3.8) is 0 Å². The van der Waals surface area contributed by atoms with Crippen molar-refractivity contribution in [2.45, 2.75) is 12.3 Å². The van der Waals surface area contributed by atoms with Gasteiger partial charge in [-0.25, -0.2) is 8.78 Å². The summed E-state index contributed by atoms with van der Waals surface area (Å²) < 4.78 is 26.8. The number of hydrogen-bond acceptors (Lipinski definition) is 2. The zero-order valence-electron chi connectivity index (χ0n) is 10.5. The summed E-state index contributed by atoms with van der Waals surface area (Å²) in [4.78, 5) is 12.4. The highest BCUT2D eigenvalue weighted by molar-refractivity contribution is 6.01. The van der Waals surface area contributed by atoms with E-state index in [0.29, 0.717) is 5.56 Å². The molecule has 2 aromatic rings. The first kappa shape index (κ1) is 13.9. The molecule has 0 radical (unpaired) electrons. The number of nitrogens with zero attached hydrogens (tertiary/aromatic N) is 1. The van der Waals surface area contributed by atoms with Gasteiger partial charge in [0.15, 0.2) is 5.78 Å². The molecule has 20 heavy (non-hydrogen) atoms. The number of halogens is 2. The molecule has 4 heteroatoms. The summed E-state index contributed by atoms with van der Waals surface area (Å²) in [5.74, 6) is -2.85. The number of benzene rings is 2. The van der Waals surface area contributed by atoms with Crippen molar-refractivity contribution in [1.82, 2.24) is 0 Å². The Balaban J connectivity index is 2.42. The smallest absolute Gasteiger partial charge is 0.174 e. The molecular formula is C16H11F2NO. The fraction of sp³-hybridized carbons (Fsp3) is 0.125. The Morgan fingerprint density at radius 1 is 1.15 bits per heavy atom. The molecule has 2 rings (SSSR count). The van der Waals surface area contributed by atoms with Crippen molar-refractivity contribution in [2.75, 3.05) is 0 Å². The third-order valence-electron chi connectivity index (χ3n) is 3.01. The van der Waals surface area contributed by atoms with E-state index in [1.807, 2.05) is 6.07 Å². The summed E-state index contributed by atoms with van der Waals surface area (Å²) in [6.45, 7) is 0. The molecule has 1 atom stereocenters. The van der Waals surface area contributed by atoms with Gasteiger partial charge in [0, 0.05) is 6.42 Å². The average molecular weight is 271 g/mol. The van der Waals surface area contributed by atoms with E-state index in [0.717, 1.165) is 18.2 Å². The van der Waals surface area contributed by atoms with Gasteiger partial charge in [-0.2, -0.15) is 5.26 Å². The largest absolute Gasteiger partial charge is 0.293 e. The van der Waals surface area contributed by atoms with Gasteiger partial charge >= 0.3 is 0 Å². The standard InChI is InChI=1S/C16H11F2NO/c17-12-6-7-15(18)14(10-12)16(20)13(8-9-19)11-4-2-1-3-5-11/h1-7,10,13H,8H2. The highest BCUT2D eigenvalue weighted by atomic mass is 19.1. The van der Waals surface area contributed by atoms with Gasteiger partial charge in [0.1, 0.15) is 11.6 Å². The lowest BCUT2D eigenvalue weighted by molar-refractivity contribution is 0.0956. The summed E-state index contributed by atoms with van der Waals surface area (Å²) in [7, 11) is 0. The SMILES string of the molecule is N#CCC(C(=O)c1cc(F)ccc1F)c1ccccc1. The molecule has 0 aliphatic heterocycles. The first-order chi connectivity index (χ1) is 9.63. The molecule has 0 saturated heterocycles. The van der Waals surface area contributed by atoms with Gasteiger partial charge in [-0.1, -0.05) is 30.3 Å². The van der Waals surface area contributed by atoms with Gasteiger partial charge in [-0.3, -0.25) is 4.79 Å². The van der Waals surface area contributed by atoms with Crippen molar-refractivity contribution in [2.24, 2.45) is 0 Å². The lowest BCUT2D eigenvalue weighted by Crippen LogP contribution is -2.14. The van der Waals surface area contributed by atoms with Crippen LogP contribution >= 0.6 is 0 Å². The van der Waals surface area contributed by atoms with E-state index >= 15 is 0 Å². The maximum Gasteiger partial charge on any atom is 0.174 e. The molecule has 0 heterocycles. The first-order valence-electron chi connectivity index (χ1n) is 6.04. The summed E-state index contributed by atoms with van der Waals surface area (Å²) in [5.41, 5.74) is 0.289. The van der Waals surface area contributed by atoms with Gasteiger partial charge in [0.05, 0.1) is 17.6 Å². The third-order valence-corrected chi connectivity index (χ3v) is 3.01. The van der Waals surface area contributed by atoms with Crippen LogP contribution in [0.25, 0.3) is 0 Å². The van der Waals surface area contributed by atoms with Crippen molar-refractivity contribution in [3.8, 4) is 6.07 Å². The van der Waals surface area contributed by atoms with Crippen LogP contribution in [0.1, 0.15) is 28.3 Å². The molecule has 0 aromatic heterocycles. The lowest BCUT2D eigenvalue weighted by atomic mass is 9.88. The van der Waals surface area contributed by atoms with E-state index in [4.69, 9.17) is 5.26 Å². The molecule has 100 valence electrons. The Kier molecular flexibility index (Phi) is 4.21. The minimum Gasteiger partial charge on any atom is -0.293 e. The highest BCUT2D eigenvalue weighted by Gasteiger charge is 2.24. The maximum atomic E-state index is 13.7. The fourth-order valence-electron chi connectivity index (χ4n) is 2.01. The second kappa shape index (κ2) is 6.07. The number of ketones is 1. The van der Waals surface area contributed by atoms with E-state index in [1.54, 1.807) is 30.3 Å². The van der Waals surface area contributed by atoms with Gasteiger partial charge in [0.2, 0.25) is 0 Å². The molecule has 1 unspecified atom stereocenters. The Bertz CT molecular complexity index is 662. The first-order valence-corrected chi connectivity index (χ1v) is 6.04. The molecule has 0 spiro atoms. The Morgan fingerprint density at radius 3 is 2.50 bits per heavy atom. The molecule has 0 amide bonds. The molecule has 0 aliphatic rings. The van der Waals surface area contributed by atoms with Crippen LogP contribution in [0.4, 0.5) is 8.78 Å². The Morgan fingerprint density at radius 2 is 1.85 bits per heavy atom. The van der Waals surface area contributed by atoms with Crippen LogP contribution in [0.5, 0.6) is 0 Å². The van der Waals surface area contributed by atoms with Crippen molar-refractivity contribution in [1.29, 1.82) is 5.26 Å². The number of nitriles is 1. The van der Waals surface area contributed by atoms with Gasteiger partial charge in [-0.05, 0) is 23.8 Å². The van der Waals surface area contributed by atoms with E-state index in [-0.39, 0.29) is 12.0 Å². The second-order valence-electron chi connectivity index (χ2n) is 4.31. The summed E-state index contributed by atoms with van der Waals surface area (Å²) in [5, 5.41) is 8.85. The number of Topliss-reactive ketones (excluding diaryl/α,β-unsaturated/α-hetero) is 1. The van der Waals surface area contributed by atoms with Crippen LogP contribution in [0, 0.1) is 23.0 Å². The van der Waals surface area contributed by atoms with Crippen LogP contribution in [0.2, 0.25) is 0 Å². The molecule has 0 bridgehead atoms. The molecule has 0 fully saturated rings. The highest BCUT2D eigenvalue weighted by Crippen LogP contribution is 2.25. The molecule has 2 aromatic carbocycles. The van der Waals surface area contributed by atoms with Crippen LogP contribution in [0.15, 0.2) is 48.5 Å². The van der Waals surface area contributed by atoms with Gasteiger partial charge < -0.3 is 0 Å². The van der Waals surface area contributed by atoms with Crippen molar-refractivity contribution < 1.29 is 13.6 Å². The minimum atomic E-state index is -0.794. The third kappa shape index (κ3) is 2.89. The zero-order chi connectivity index (χ0) is 14.5. The topological polar surface area (TPSA) is 40.9 Å². The van der Waals surface area contributed by atoms with E-state index in [2.05, 4.69) is 0 Å². The predicted octanol–water partition coefficient (Wildman–Crippen LogP) is 3.84. The van der Waals surface area contributed by atoms with E-state index in [1.165, 1.54) is 0 Å². The van der Waals surface area contributed by atoms with Crippen LogP contribution in [-0.2, 0) is 0 Å². The Hall–Kier alpha value is -2.54. The van der Waals surface area contributed by atoms with Crippen LogP contribution < -0.4 is 0 Å². The quantitative estimate of drug-likeness (QED) is 0.792. The molecule has 0 saturated carbocycles. The number of carbonyl (C=O) groups excluding carboxylic acids is 1. The molecule has 0 N–H and O–H groups in total. The number of carbonyl (C=O) groups is 1. The Labute approximate surface area is 115 Å². The maximum absolute atomic E-state index is 13.7. The van der Waals surface area contributed by atoms with Gasteiger partial charge in [0.25, 0.3) is 0 Å². The second-order valence-corrected chi connectivity index (χ2v) is 4.31. The summed E-state index contributed by atoms with van der Waals surface area (Å²) in [6, 6.07) is 13.3. The average Bonchev–Trinajstić information content (AvgIpc) is 2.47. The van der Waals surface area contributed by atoms with E-state index in [9.17, 15) is 13.6 Å². The molecule has 0 aliphatic carbocycles. The lowest BCUT2D eigenvalue weighted by Gasteiger charge is -2.13. The van der Waals surface area contributed by atoms with E-state index < -0.39 is 23.3 Å². The monoisotopic (exact) mass is 271 g/mol. The summed E-state index contributed by atoms with van der Waals surface area (Å²) in [6.07, 6.45) is -0.0845. The molecular weight excluding hydrogens is 260 g/mol. The van der Waals surface area contributed by atoms with Crippen LogP contribution in [0.3, 0.4) is 0 Å². The van der Waals surface area contributed by atoms with Crippen molar-refractivity contribution in [3.05, 3.63) is 71.3 Å².